The molecular formula is C34H50N6O6. The summed E-state index contributed by atoms with van der Waals surface area (Å²) < 4.78 is 10.6. The van der Waals surface area contributed by atoms with E-state index in [0.29, 0.717) is 13.1 Å². The van der Waals surface area contributed by atoms with Gasteiger partial charge >= 0.3 is 12.2 Å². The Balaban J connectivity index is 2.01. The lowest BCUT2D eigenvalue weighted by molar-refractivity contribution is -0.123. The number of nitrogens with zero attached hydrogens (tertiary/aromatic N) is 2. The molecule has 46 heavy (non-hydrogen) atoms. The normalized spacial score (nSPS) is 12.4. The maximum atomic E-state index is 13.0. The molecule has 0 unspecified atom stereocenters. The van der Waals surface area contributed by atoms with Crippen LogP contribution < -0.4 is 21.3 Å². The molecule has 0 fully saturated rings. The zero-order valence-corrected chi connectivity index (χ0v) is 27.5. The van der Waals surface area contributed by atoms with Crippen LogP contribution in [0.5, 0.6) is 0 Å². The van der Waals surface area contributed by atoms with Gasteiger partial charge in [0.25, 0.3) is 0 Å². The van der Waals surface area contributed by atoms with Crippen LogP contribution in [0, 0.1) is 0 Å². The number of alkyl carbamates (subject to hydrolysis) is 2. The molecule has 0 spiro atoms. The van der Waals surface area contributed by atoms with Crippen LogP contribution in [-0.4, -0.2) is 100 Å². The van der Waals surface area contributed by atoms with Gasteiger partial charge in [-0.2, -0.15) is 0 Å². The topological polar surface area (TPSA) is 141 Å². The number of rotatable bonds is 20. The molecule has 12 heteroatoms. The van der Waals surface area contributed by atoms with E-state index in [-0.39, 0.29) is 37.9 Å². The molecule has 12 nitrogen and oxygen atoms in total. The number of amides is 4. The number of hydrogen-bond acceptors (Lipinski definition) is 8. The van der Waals surface area contributed by atoms with Crippen LogP contribution in [-0.2, 0) is 32.3 Å². The molecule has 0 radical (unpaired) electrons. The molecule has 0 aromatic heterocycles. The predicted molar refractivity (Wildman–Crippen MR) is 178 cm³/mol. The van der Waals surface area contributed by atoms with E-state index in [1.54, 1.807) is 12.2 Å². The summed E-state index contributed by atoms with van der Waals surface area (Å²) in [6.07, 6.45) is 3.75. The van der Waals surface area contributed by atoms with Crippen LogP contribution >= 0.6 is 0 Å². The maximum absolute atomic E-state index is 13.0. The van der Waals surface area contributed by atoms with Crippen molar-refractivity contribution >= 4 is 24.0 Å². The van der Waals surface area contributed by atoms with Gasteiger partial charge in [0.05, 0.1) is 0 Å². The average molecular weight is 639 g/mol. The molecule has 4 amide bonds. The van der Waals surface area contributed by atoms with Crippen molar-refractivity contribution in [1.82, 2.24) is 31.1 Å². The summed E-state index contributed by atoms with van der Waals surface area (Å²) in [7, 11) is 7.81. The molecule has 0 heterocycles. The van der Waals surface area contributed by atoms with E-state index in [2.05, 4.69) is 21.3 Å². The Labute approximate surface area is 272 Å². The zero-order chi connectivity index (χ0) is 33.6. The minimum atomic E-state index is -0.902. The number of benzene rings is 2. The fourth-order valence-electron chi connectivity index (χ4n) is 4.20. The Morgan fingerprint density at radius 3 is 1.35 bits per heavy atom. The van der Waals surface area contributed by atoms with E-state index in [1.165, 1.54) is 0 Å². The highest BCUT2D eigenvalue weighted by Crippen LogP contribution is 2.05. The first-order valence-corrected chi connectivity index (χ1v) is 15.6. The van der Waals surface area contributed by atoms with Gasteiger partial charge in [-0.05, 0) is 78.1 Å². The van der Waals surface area contributed by atoms with Crippen molar-refractivity contribution < 1.29 is 28.7 Å². The highest BCUT2D eigenvalue weighted by Gasteiger charge is 2.22. The molecule has 0 aliphatic heterocycles. The van der Waals surface area contributed by atoms with Gasteiger partial charge in [-0.25, -0.2) is 9.59 Å². The third-order valence-corrected chi connectivity index (χ3v) is 6.72. The van der Waals surface area contributed by atoms with Crippen LogP contribution in [0.4, 0.5) is 9.59 Å². The van der Waals surface area contributed by atoms with E-state index < -0.39 is 24.3 Å². The lowest BCUT2D eigenvalue weighted by Crippen LogP contribution is -2.47. The van der Waals surface area contributed by atoms with Crippen LogP contribution in [0.2, 0.25) is 0 Å². The third kappa shape index (κ3) is 17.2. The fraction of sp³-hybridized carbons (Fsp3) is 0.471. The molecule has 2 atom stereocenters. The van der Waals surface area contributed by atoms with Crippen molar-refractivity contribution in [3.05, 3.63) is 83.9 Å². The summed E-state index contributed by atoms with van der Waals surface area (Å²) in [6.45, 7) is 2.63. The second kappa shape index (κ2) is 22.1. The molecule has 0 aliphatic carbocycles. The van der Waals surface area contributed by atoms with Gasteiger partial charge in [0, 0.05) is 13.1 Å². The van der Waals surface area contributed by atoms with Crippen molar-refractivity contribution in [3.8, 4) is 0 Å². The monoisotopic (exact) mass is 638 g/mol. The highest BCUT2D eigenvalue weighted by molar-refractivity contribution is 5.86. The van der Waals surface area contributed by atoms with Gasteiger partial charge in [0.15, 0.2) is 0 Å². The lowest BCUT2D eigenvalue weighted by atomic mass is 10.1. The maximum Gasteiger partial charge on any atom is 0.408 e. The smallest absolute Gasteiger partial charge is 0.408 e. The Morgan fingerprint density at radius 2 is 1.00 bits per heavy atom. The summed E-state index contributed by atoms with van der Waals surface area (Å²) in [5, 5.41) is 11.0. The fourth-order valence-corrected chi connectivity index (χ4v) is 4.20. The number of hydrogen-bond donors (Lipinski definition) is 4. The molecule has 0 saturated heterocycles. The first kappa shape index (κ1) is 37.8. The van der Waals surface area contributed by atoms with Crippen molar-refractivity contribution in [2.24, 2.45) is 0 Å². The number of nitrogens with one attached hydrogen (secondary N) is 4. The molecule has 2 aromatic rings. The predicted octanol–water partition coefficient (Wildman–Crippen LogP) is 3.05. The number of carbonyl (C=O) groups excluding carboxylic acids is 4. The summed E-state index contributed by atoms with van der Waals surface area (Å²) >= 11 is 0. The van der Waals surface area contributed by atoms with Crippen LogP contribution in [0.3, 0.4) is 0 Å². The first-order valence-electron chi connectivity index (χ1n) is 15.6. The minimum Gasteiger partial charge on any atom is -0.445 e. The standard InChI is InChI=1S/C34H50N6O6/c1-39(2)23-13-21-35-31(41)29(37-33(43)45-25-27-15-7-5-8-16-27)19-11-12-20-30(32(42)36-22-14-24-40(3)4)38-34(44)46-26-28-17-9-6-10-18-28/h5-12,15-18,29-30H,13-14,19-26H2,1-4H3,(H,35,41)(H,36,42)(H,37,43)(H,38,44)/b12-11+/t29-,30-/m0/s1. The van der Waals surface area contributed by atoms with Crippen molar-refractivity contribution in [1.29, 1.82) is 0 Å². The molecule has 2 aromatic carbocycles. The Morgan fingerprint density at radius 1 is 0.630 bits per heavy atom. The van der Waals surface area contributed by atoms with Gasteiger partial charge < -0.3 is 40.5 Å². The Bertz CT molecular complexity index is 1120. The zero-order valence-electron chi connectivity index (χ0n) is 27.5. The van der Waals surface area contributed by atoms with Gasteiger partial charge in [0.1, 0.15) is 25.3 Å². The molecule has 0 bridgehead atoms. The summed E-state index contributed by atoms with van der Waals surface area (Å²) in [5.41, 5.74) is 1.64. The van der Waals surface area contributed by atoms with Gasteiger partial charge in [0.2, 0.25) is 11.8 Å². The number of ether oxygens (including phenoxy) is 2. The van der Waals surface area contributed by atoms with E-state index in [1.807, 2.05) is 98.7 Å². The minimum absolute atomic E-state index is 0.0665. The highest BCUT2D eigenvalue weighted by atomic mass is 16.6. The summed E-state index contributed by atoms with van der Waals surface area (Å²) in [5.74, 6) is -0.698. The van der Waals surface area contributed by atoms with Crippen LogP contribution in [0.1, 0.15) is 36.8 Å². The lowest BCUT2D eigenvalue weighted by Gasteiger charge is -2.19. The van der Waals surface area contributed by atoms with E-state index in [4.69, 9.17) is 9.47 Å². The molecule has 2 rings (SSSR count). The molecule has 4 N–H and O–H groups in total. The van der Waals surface area contributed by atoms with Crippen molar-refractivity contribution in [2.45, 2.75) is 51.0 Å². The van der Waals surface area contributed by atoms with E-state index in [0.717, 1.165) is 37.1 Å². The molecular weight excluding hydrogens is 588 g/mol. The molecule has 0 aliphatic rings. The first-order chi connectivity index (χ1) is 22.1. The van der Waals surface area contributed by atoms with Crippen LogP contribution in [0.25, 0.3) is 0 Å². The number of carbonyl (C=O) groups is 4. The van der Waals surface area contributed by atoms with Crippen molar-refractivity contribution in [3.63, 3.8) is 0 Å². The van der Waals surface area contributed by atoms with E-state index >= 15 is 0 Å². The van der Waals surface area contributed by atoms with Gasteiger partial charge in [-0.15, -0.1) is 0 Å². The summed E-state index contributed by atoms with van der Waals surface area (Å²) in [4.78, 5) is 55.2. The molecule has 252 valence electrons. The van der Waals surface area contributed by atoms with Gasteiger partial charge in [-0.1, -0.05) is 72.8 Å². The van der Waals surface area contributed by atoms with Gasteiger partial charge in [-0.3, -0.25) is 9.59 Å². The second-order valence-electron chi connectivity index (χ2n) is 11.4. The van der Waals surface area contributed by atoms with Crippen LogP contribution in [0.15, 0.2) is 72.8 Å². The van der Waals surface area contributed by atoms with Crippen molar-refractivity contribution in [2.75, 3.05) is 54.4 Å². The Kier molecular flexibility index (Phi) is 18.2. The second-order valence-corrected chi connectivity index (χ2v) is 11.4. The Hall–Kier alpha value is -4.42. The average Bonchev–Trinajstić information content (AvgIpc) is 3.04. The SMILES string of the molecule is CN(C)CCCNC(=O)[C@H](C/C=C/C[C@H](NC(=O)OCc1ccccc1)C(=O)NCCCN(C)C)NC(=O)OCc1ccccc1. The largest absolute Gasteiger partial charge is 0.445 e. The molecule has 0 saturated carbocycles. The third-order valence-electron chi connectivity index (χ3n) is 6.72. The van der Waals surface area contributed by atoms with E-state index in [9.17, 15) is 19.2 Å². The summed E-state index contributed by atoms with van der Waals surface area (Å²) in [6, 6.07) is 16.7. The quantitative estimate of drug-likeness (QED) is 0.128.